The van der Waals surface area contributed by atoms with Crippen LogP contribution in [-0.4, -0.2) is 33.5 Å². The Morgan fingerprint density at radius 1 is 1.14 bits per heavy atom. The number of fused-ring (bicyclic) bond motifs is 1. The van der Waals surface area contributed by atoms with Crippen molar-refractivity contribution >= 4 is 35.6 Å². The van der Waals surface area contributed by atoms with Gasteiger partial charge in [-0.05, 0) is 38.0 Å². The molecule has 0 aliphatic carbocycles. The summed E-state index contributed by atoms with van der Waals surface area (Å²) in [5.41, 5.74) is 3.94. The summed E-state index contributed by atoms with van der Waals surface area (Å²) in [5.74, 6) is 0.728. The number of pyridine rings is 1. The van der Waals surface area contributed by atoms with Crippen LogP contribution in [0.2, 0.25) is 0 Å². The highest BCUT2D eigenvalue weighted by Gasteiger charge is 2.07. The molecule has 28 heavy (non-hydrogen) atoms. The first-order valence-electron chi connectivity index (χ1n) is 9.36. The van der Waals surface area contributed by atoms with E-state index in [1.807, 2.05) is 55.6 Å². The number of aliphatic hydroxyl groups is 1. The Morgan fingerprint density at radius 3 is 2.64 bits per heavy atom. The predicted octanol–water partition coefficient (Wildman–Crippen LogP) is 3.44. The summed E-state index contributed by atoms with van der Waals surface area (Å²) in [6.45, 7) is 6.00. The highest BCUT2D eigenvalue weighted by Crippen LogP contribution is 2.14. The summed E-state index contributed by atoms with van der Waals surface area (Å²) in [7, 11) is 0. The normalized spacial score (nSPS) is 12.5. The van der Waals surface area contributed by atoms with Crippen LogP contribution in [0.15, 0.2) is 59.7 Å². The van der Waals surface area contributed by atoms with Crippen molar-refractivity contribution in [3.63, 3.8) is 0 Å². The van der Waals surface area contributed by atoms with Crippen molar-refractivity contribution in [1.82, 2.24) is 20.0 Å². The Kier molecular flexibility index (Phi) is 8.72. The summed E-state index contributed by atoms with van der Waals surface area (Å²) < 4.78 is 2.07. The topological polar surface area (TPSA) is 74.0 Å². The predicted molar refractivity (Wildman–Crippen MR) is 124 cm³/mol. The van der Waals surface area contributed by atoms with Crippen LogP contribution in [0.1, 0.15) is 36.4 Å². The van der Waals surface area contributed by atoms with Crippen LogP contribution in [0.4, 0.5) is 0 Å². The minimum Gasteiger partial charge on any atom is -0.388 e. The second-order valence-electron chi connectivity index (χ2n) is 6.46. The van der Waals surface area contributed by atoms with Crippen molar-refractivity contribution in [1.29, 1.82) is 0 Å². The molecule has 0 spiro atoms. The molecule has 150 valence electrons. The van der Waals surface area contributed by atoms with E-state index in [0.29, 0.717) is 19.5 Å². The van der Waals surface area contributed by atoms with E-state index in [1.54, 1.807) is 0 Å². The Bertz CT molecular complexity index is 894. The minimum atomic E-state index is -0.483. The van der Waals surface area contributed by atoms with Gasteiger partial charge < -0.3 is 20.1 Å². The van der Waals surface area contributed by atoms with Gasteiger partial charge in [0.15, 0.2) is 5.96 Å². The zero-order chi connectivity index (χ0) is 19.1. The van der Waals surface area contributed by atoms with Crippen molar-refractivity contribution in [2.24, 2.45) is 4.99 Å². The maximum absolute atomic E-state index is 10.3. The van der Waals surface area contributed by atoms with E-state index in [9.17, 15) is 5.11 Å². The summed E-state index contributed by atoms with van der Waals surface area (Å²) in [6, 6.07) is 15.8. The minimum absolute atomic E-state index is 0. The largest absolute Gasteiger partial charge is 0.388 e. The number of nitrogens with one attached hydrogen (secondary N) is 2. The highest BCUT2D eigenvalue weighted by atomic mass is 127. The lowest BCUT2D eigenvalue weighted by Gasteiger charge is -2.14. The van der Waals surface area contributed by atoms with Gasteiger partial charge in [-0.15, -0.1) is 24.0 Å². The van der Waals surface area contributed by atoms with Gasteiger partial charge >= 0.3 is 0 Å². The third-order valence-electron chi connectivity index (χ3n) is 4.38. The number of aryl methyl sites for hydroxylation is 1. The molecule has 0 fully saturated rings. The SMILES string of the molecule is CCNC(=NCc1cn2c(C)cccc2n1)NCCC(O)c1ccccc1.I. The number of nitrogens with zero attached hydrogens (tertiary/aromatic N) is 3. The van der Waals surface area contributed by atoms with E-state index in [0.717, 1.165) is 35.1 Å². The Labute approximate surface area is 183 Å². The third kappa shape index (κ3) is 5.93. The molecule has 0 radical (unpaired) electrons. The number of guanidine groups is 1. The fourth-order valence-electron chi connectivity index (χ4n) is 2.95. The van der Waals surface area contributed by atoms with Crippen LogP contribution in [0.5, 0.6) is 0 Å². The van der Waals surface area contributed by atoms with E-state index in [-0.39, 0.29) is 24.0 Å². The summed E-state index contributed by atoms with van der Waals surface area (Å²) in [6.07, 6.45) is 2.15. The molecule has 0 saturated carbocycles. The van der Waals surface area contributed by atoms with E-state index in [2.05, 4.69) is 38.0 Å². The van der Waals surface area contributed by atoms with Gasteiger partial charge in [-0.25, -0.2) is 9.98 Å². The maximum Gasteiger partial charge on any atom is 0.191 e. The number of aliphatic imine (C=N–C) groups is 1. The molecule has 2 aromatic heterocycles. The molecule has 1 unspecified atom stereocenters. The van der Waals surface area contributed by atoms with Gasteiger partial charge in [0, 0.05) is 25.0 Å². The van der Waals surface area contributed by atoms with Gasteiger partial charge in [0.05, 0.1) is 18.3 Å². The van der Waals surface area contributed by atoms with Crippen molar-refractivity contribution in [2.75, 3.05) is 13.1 Å². The number of halogens is 1. The number of hydrogen-bond acceptors (Lipinski definition) is 3. The van der Waals surface area contributed by atoms with Crippen LogP contribution < -0.4 is 10.6 Å². The third-order valence-corrected chi connectivity index (χ3v) is 4.38. The number of aromatic nitrogens is 2. The van der Waals surface area contributed by atoms with Gasteiger partial charge in [0.1, 0.15) is 5.65 Å². The standard InChI is InChI=1S/C21H27N5O.HI/c1-3-22-21(23-13-12-19(27)17-9-5-4-6-10-17)24-14-18-15-26-16(2)8-7-11-20(26)25-18;/h4-11,15,19,27H,3,12-14H2,1-2H3,(H2,22,23,24);1H. The second-order valence-corrected chi connectivity index (χ2v) is 6.46. The lowest BCUT2D eigenvalue weighted by molar-refractivity contribution is 0.168. The van der Waals surface area contributed by atoms with Gasteiger partial charge in [0.25, 0.3) is 0 Å². The molecule has 3 rings (SSSR count). The van der Waals surface area contributed by atoms with Crippen molar-refractivity contribution in [3.8, 4) is 0 Å². The van der Waals surface area contributed by atoms with E-state index < -0.39 is 6.10 Å². The first-order chi connectivity index (χ1) is 13.2. The van der Waals surface area contributed by atoms with Crippen LogP contribution >= 0.6 is 24.0 Å². The Balaban J connectivity index is 0.00000280. The maximum atomic E-state index is 10.3. The quantitative estimate of drug-likeness (QED) is 0.268. The Hall–Kier alpha value is -2.13. The van der Waals surface area contributed by atoms with Gasteiger partial charge in [-0.3, -0.25) is 0 Å². The molecule has 3 N–H and O–H groups in total. The van der Waals surface area contributed by atoms with E-state index in [4.69, 9.17) is 0 Å². The number of rotatable bonds is 7. The van der Waals surface area contributed by atoms with Crippen molar-refractivity contribution in [3.05, 3.63) is 71.7 Å². The summed E-state index contributed by atoms with van der Waals surface area (Å²) >= 11 is 0. The van der Waals surface area contributed by atoms with Crippen molar-refractivity contribution in [2.45, 2.75) is 32.9 Å². The molecule has 0 amide bonds. The fraction of sp³-hybridized carbons (Fsp3) is 0.333. The average Bonchev–Trinajstić information content (AvgIpc) is 3.11. The van der Waals surface area contributed by atoms with Crippen LogP contribution in [-0.2, 0) is 6.54 Å². The molecule has 0 bridgehead atoms. The lowest BCUT2D eigenvalue weighted by Crippen LogP contribution is -2.38. The number of imidazole rings is 1. The first-order valence-corrected chi connectivity index (χ1v) is 9.36. The molecule has 3 aromatic rings. The van der Waals surface area contributed by atoms with Gasteiger partial charge in [-0.1, -0.05) is 36.4 Å². The molecule has 1 atom stereocenters. The second kappa shape index (κ2) is 11.0. The van der Waals surface area contributed by atoms with Crippen molar-refractivity contribution < 1.29 is 5.11 Å². The first kappa shape index (κ1) is 22.2. The molecular formula is C21H28IN5O. The number of aliphatic hydroxyl groups excluding tert-OH is 1. The van der Waals surface area contributed by atoms with Gasteiger partial charge in [-0.2, -0.15) is 0 Å². The zero-order valence-electron chi connectivity index (χ0n) is 16.3. The highest BCUT2D eigenvalue weighted by molar-refractivity contribution is 14.0. The molecular weight excluding hydrogens is 465 g/mol. The zero-order valence-corrected chi connectivity index (χ0v) is 18.6. The lowest BCUT2D eigenvalue weighted by atomic mass is 10.1. The molecule has 0 aliphatic heterocycles. The van der Waals surface area contributed by atoms with E-state index >= 15 is 0 Å². The van der Waals surface area contributed by atoms with Crippen LogP contribution in [0.25, 0.3) is 5.65 Å². The molecule has 0 saturated heterocycles. The molecule has 6 nitrogen and oxygen atoms in total. The van der Waals surface area contributed by atoms with Crippen LogP contribution in [0, 0.1) is 6.92 Å². The Morgan fingerprint density at radius 2 is 1.93 bits per heavy atom. The number of benzene rings is 1. The fourth-order valence-corrected chi connectivity index (χ4v) is 2.95. The molecule has 7 heteroatoms. The summed E-state index contributed by atoms with van der Waals surface area (Å²) in [5, 5.41) is 16.8. The van der Waals surface area contributed by atoms with Crippen LogP contribution in [0.3, 0.4) is 0 Å². The molecule has 2 heterocycles. The van der Waals surface area contributed by atoms with E-state index in [1.165, 1.54) is 0 Å². The molecule has 1 aromatic carbocycles. The smallest absolute Gasteiger partial charge is 0.191 e. The average molecular weight is 493 g/mol. The monoisotopic (exact) mass is 493 g/mol. The van der Waals surface area contributed by atoms with Gasteiger partial charge in [0.2, 0.25) is 0 Å². The number of hydrogen-bond donors (Lipinski definition) is 3. The molecule has 0 aliphatic rings. The summed E-state index contributed by atoms with van der Waals surface area (Å²) in [4.78, 5) is 9.23.